The minimum atomic E-state index is -0.348. The van der Waals surface area contributed by atoms with E-state index in [4.69, 9.17) is 0 Å². The number of rotatable bonds is 9. The Balaban J connectivity index is 1.56. The van der Waals surface area contributed by atoms with E-state index in [-0.39, 0.29) is 11.2 Å². The molecule has 0 bridgehead atoms. The Morgan fingerprint density at radius 3 is 2.75 bits per heavy atom. The van der Waals surface area contributed by atoms with Crippen LogP contribution in [0.5, 0.6) is 0 Å². The molecule has 0 spiro atoms. The monoisotopic (exact) mass is 451 g/mol. The lowest BCUT2D eigenvalue weighted by Crippen LogP contribution is -2.26. The largest absolute Gasteiger partial charge is 0.353 e. The highest BCUT2D eigenvalue weighted by Gasteiger charge is 2.11. The molecule has 7 nitrogen and oxygen atoms in total. The molecule has 0 saturated heterocycles. The topological polar surface area (TPSA) is 70.9 Å². The molecule has 2 aromatic heterocycles. The van der Waals surface area contributed by atoms with Crippen molar-refractivity contribution in [3.05, 3.63) is 78.1 Å². The molecule has 1 atom stereocenters. The summed E-state index contributed by atoms with van der Waals surface area (Å²) in [6.45, 7) is 2.75. The molecule has 32 heavy (non-hydrogen) atoms. The number of hydrogen-bond donors (Lipinski definition) is 3. The summed E-state index contributed by atoms with van der Waals surface area (Å²) in [6, 6.07) is 12.5. The maximum Gasteiger partial charge on any atom is 0.159 e. The first-order valence-corrected chi connectivity index (χ1v) is 10.9. The number of nitrogens with zero attached hydrogens (tertiary/aromatic N) is 5. The maximum atomic E-state index is 13.2. The highest BCUT2D eigenvalue weighted by molar-refractivity contribution is 7.80. The summed E-state index contributed by atoms with van der Waals surface area (Å²) in [5.74, 6) is 0.935. The van der Waals surface area contributed by atoms with Gasteiger partial charge in [-0.3, -0.25) is 9.55 Å². The first kappa shape index (κ1) is 22.2. The second kappa shape index (κ2) is 10.1. The van der Waals surface area contributed by atoms with Crippen molar-refractivity contribution in [2.24, 2.45) is 0 Å². The highest BCUT2D eigenvalue weighted by Crippen LogP contribution is 2.23. The zero-order valence-corrected chi connectivity index (χ0v) is 18.9. The number of likely N-dealkylation sites (N-methyl/N-ethyl adjacent to an activating group) is 2. The van der Waals surface area contributed by atoms with Crippen molar-refractivity contribution in [3.8, 4) is 5.82 Å². The Hall–Kier alpha value is -3.01. The van der Waals surface area contributed by atoms with Gasteiger partial charge in [0.05, 0.1) is 28.8 Å². The zero-order valence-electron chi connectivity index (χ0n) is 18.0. The van der Waals surface area contributed by atoms with Crippen LogP contribution < -0.4 is 10.6 Å². The third-order valence-electron chi connectivity index (χ3n) is 5.15. The van der Waals surface area contributed by atoms with Crippen molar-refractivity contribution < 1.29 is 4.39 Å². The lowest BCUT2D eigenvalue weighted by atomic mass is 10.2. The average Bonchev–Trinajstić information content (AvgIpc) is 3.21. The third-order valence-corrected chi connectivity index (χ3v) is 5.57. The van der Waals surface area contributed by atoms with Crippen LogP contribution >= 0.6 is 12.6 Å². The van der Waals surface area contributed by atoms with Crippen LogP contribution in [0.25, 0.3) is 16.9 Å². The van der Waals surface area contributed by atoms with E-state index in [0.717, 1.165) is 36.2 Å². The molecule has 2 aromatic carbocycles. The van der Waals surface area contributed by atoms with E-state index < -0.39 is 0 Å². The lowest BCUT2D eigenvalue weighted by Gasteiger charge is -2.16. The average molecular weight is 452 g/mol. The maximum absolute atomic E-state index is 13.2. The Morgan fingerprint density at radius 2 is 1.97 bits per heavy atom. The normalized spacial score (nSPS) is 12.4. The summed E-state index contributed by atoms with van der Waals surface area (Å²) in [7, 11) is 4.06. The van der Waals surface area contributed by atoms with Gasteiger partial charge in [-0.05, 0) is 49.5 Å². The summed E-state index contributed by atoms with van der Waals surface area (Å²) in [5, 5.41) is 6.03. The molecule has 2 N–H and O–H groups in total. The van der Waals surface area contributed by atoms with Crippen LogP contribution in [0.3, 0.4) is 0 Å². The molecule has 0 aliphatic carbocycles. The fraction of sp³-hybridized carbons (Fsp3) is 0.261. The lowest BCUT2D eigenvalue weighted by molar-refractivity contribution is 0.328. The van der Waals surface area contributed by atoms with Crippen molar-refractivity contribution in [1.82, 2.24) is 29.7 Å². The molecule has 4 rings (SSSR count). The van der Waals surface area contributed by atoms with E-state index in [1.807, 2.05) is 17.7 Å². The van der Waals surface area contributed by atoms with Gasteiger partial charge in [0, 0.05) is 19.6 Å². The van der Waals surface area contributed by atoms with E-state index >= 15 is 0 Å². The molecule has 0 fully saturated rings. The summed E-state index contributed by atoms with van der Waals surface area (Å²) >= 11 is 4.57. The number of benzene rings is 2. The minimum Gasteiger partial charge on any atom is -0.353 e. The number of fused-ring (bicyclic) bond motifs is 1. The third kappa shape index (κ3) is 5.24. The number of halogens is 1. The van der Waals surface area contributed by atoms with Crippen molar-refractivity contribution in [2.45, 2.75) is 11.9 Å². The number of thiol groups is 1. The van der Waals surface area contributed by atoms with Crippen LogP contribution in [0.4, 0.5) is 10.2 Å². The smallest absolute Gasteiger partial charge is 0.159 e. The molecule has 2 heterocycles. The summed E-state index contributed by atoms with van der Waals surface area (Å²) in [4.78, 5) is 15.8. The molecule has 1 unspecified atom stereocenters. The molecule has 9 heteroatoms. The molecule has 0 radical (unpaired) electrons. The van der Waals surface area contributed by atoms with Crippen molar-refractivity contribution in [1.29, 1.82) is 0 Å². The van der Waals surface area contributed by atoms with Crippen LogP contribution in [0.1, 0.15) is 16.5 Å². The first-order valence-electron chi connectivity index (χ1n) is 10.3. The SMILES string of the molecule is CNCCN(C)Cc1ccc2ncn(-c3cncc(NC(S)c4ccc(F)cc4)n3)c2c1. The van der Waals surface area contributed by atoms with Gasteiger partial charge >= 0.3 is 0 Å². The van der Waals surface area contributed by atoms with Crippen LogP contribution in [-0.2, 0) is 6.54 Å². The predicted molar refractivity (Wildman–Crippen MR) is 129 cm³/mol. The molecule has 0 saturated carbocycles. The van der Waals surface area contributed by atoms with E-state index in [1.54, 1.807) is 30.9 Å². The quantitative estimate of drug-likeness (QED) is 0.267. The van der Waals surface area contributed by atoms with Gasteiger partial charge in [-0.25, -0.2) is 14.4 Å². The van der Waals surface area contributed by atoms with E-state index in [9.17, 15) is 4.39 Å². The molecular weight excluding hydrogens is 425 g/mol. The van der Waals surface area contributed by atoms with Gasteiger partial charge in [0.1, 0.15) is 18.0 Å². The molecular formula is C23H26FN7S. The first-order chi connectivity index (χ1) is 15.5. The van der Waals surface area contributed by atoms with Gasteiger partial charge in [0.25, 0.3) is 0 Å². The predicted octanol–water partition coefficient (Wildman–Crippen LogP) is 3.65. The van der Waals surface area contributed by atoms with Crippen LogP contribution in [-0.4, -0.2) is 51.6 Å². The van der Waals surface area contributed by atoms with Crippen LogP contribution in [0.15, 0.2) is 61.2 Å². The van der Waals surface area contributed by atoms with Crippen molar-refractivity contribution in [2.75, 3.05) is 32.5 Å². The summed E-state index contributed by atoms with van der Waals surface area (Å²) in [6.07, 6.45) is 5.09. The van der Waals surface area contributed by atoms with Gasteiger partial charge in [-0.15, -0.1) is 12.6 Å². The van der Waals surface area contributed by atoms with Gasteiger partial charge in [0.2, 0.25) is 0 Å². The molecule has 0 aliphatic heterocycles. The highest BCUT2D eigenvalue weighted by atomic mass is 32.1. The second-order valence-electron chi connectivity index (χ2n) is 7.64. The number of hydrogen-bond acceptors (Lipinski definition) is 7. The zero-order chi connectivity index (χ0) is 22.5. The van der Waals surface area contributed by atoms with E-state index in [2.05, 4.69) is 62.3 Å². The van der Waals surface area contributed by atoms with Gasteiger partial charge in [-0.1, -0.05) is 18.2 Å². The summed E-state index contributed by atoms with van der Waals surface area (Å²) in [5.41, 5.74) is 3.90. The number of imidazole rings is 1. The van der Waals surface area contributed by atoms with Gasteiger partial charge < -0.3 is 15.5 Å². The van der Waals surface area contributed by atoms with Crippen molar-refractivity contribution >= 4 is 29.5 Å². The number of anilines is 1. The standard InChI is InChI=1S/C23H26FN7S/c1-25-9-10-30(2)14-16-3-8-19-20(11-16)31(15-27-19)22-13-26-12-21(28-22)29-23(32)17-4-6-18(24)7-5-17/h3-8,11-13,15,23,25,32H,9-10,14H2,1-2H3,(H,28,29). The number of aromatic nitrogens is 4. The molecule has 0 aliphatic rings. The molecule has 0 amide bonds. The molecule has 166 valence electrons. The fourth-order valence-corrected chi connectivity index (χ4v) is 3.74. The summed E-state index contributed by atoms with van der Waals surface area (Å²) < 4.78 is 15.1. The van der Waals surface area contributed by atoms with Crippen LogP contribution in [0, 0.1) is 5.82 Å². The van der Waals surface area contributed by atoms with Gasteiger partial charge in [-0.2, -0.15) is 0 Å². The number of nitrogens with one attached hydrogen (secondary N) is 2. The van der Waals surface area contributed by atoms with E-state index in [1.165, 1.54) is 17.7 Å². The Morgan fingerprint density at radius 1 is 1.16 bits per heavy atom. The second-order valence-corrected chi connectivity index (χ2v) is 8.16. The molecule has 4 aromatic rings. The van der Waals surface area contributed by atoms with Crippen LogP contribution in [0.2, 0.25) is 0 Å². The van der Waals surface area contributed by atoms with E-state index in [0.29, 0.717) is 11.6 Å². The Labute approximate surface area is 192 Å². The Kier molecular flexibility index (Phi) is 6.99. The Bertz CT molecular complexity index is 1180. The minimum absolute atomic E-state index is 0.282. The fourth-order valence-electron chi connectivity index (χ4n) is 3.44. The van der Waals surface area contributed by atoms with Gasteiger partial charge in [0.15, 0.2) is 5.82 Å². The van der Waals surface area contributed by atoms with Crippen molar-refractivity contribution in [3.63, 3.8) is 0 Å².